The van der Waals surface area contributed by atoms with Gasteiger partial charge in [-0.25, -0.2) is 0 Å². The van der Waals surface area contributed by atoms with E-state index in [1.54, 1.807) is 0 Å². The van der Waals surface area contributed by atoms with E-state index in [4.69, 9.17) is 5.11 Å². The minimum absolute atomic E-state index is 0.120. The van der Waals surface area contributed by atoms with E-state index in [2.05, 4.69) is 42.5 Å². The van der Waals surface area contributed by atoms with Crippen molar-refractivity contribution in [1.82, 2.24) is 0 Å². The Hall–Kier alpha value is -1.83. The second kappa shape index (κ2) is 5.04. The van der Waals surface area contributed by atoms with Gasteiger partial charge in [-0.15, -0.1) is 0 Å². The van der Waals surface area contributed by atoms with Gasteiger partial charge in [0.2, 0.25) is 0 Å². The van der Waals surface area contributed by atoms with Gasteiger partial charge in [0.05, 0.1) is 5.92 Å². The lowest BCUT2D eigenvalue weighted by Crippen LogP contribution is -2.10. The van der Waals surface area contributed by atoms with Crippen LogP contribution in [0, 0.1) is 11.8 Å². The molecule has 0 heterocycles. The van der Waals surface area contributed by atoms with E-state index in [1.807, 2.05) is 0 Å². The van der Waals surface area contributed by atoms with Crippen molar-refractivity contribution >= 4 is 16.7 Å². The van der Waals surface area contributed by atoms with Crippen molar-refractivity contribution in [2.75, 3.05) is 0 Å². The molecular formula is C17H18O2. The molecule has 98 valence electrons. The maximum absolute atomic E-state index is 11.0. The smallest absolute Gasteiger partial charge is 0.306 e. The van der Waals surface area contributed by atoms with Crippen LogP contribution < -0.4 is 0 Å². The number of benzene rings is 2. The average molecular weight is 254 g/mol. The highest BCUT2D eigenvalue weighted by Crippen LogP contribution is 2.33. The van der Waals surface area contributed by atoms with Crippen LogP contribution >= 0.6 is 0 Å². The van der Waals surface area contributed by atoms with Crippen LogP contribution in [-0.4, -0.2) is 11.1 Å². The molecule has 0 radical (unpaired) electrons. The molecule has 0 aromatic heterocycles. The molecule has 2 atom stereocenters. The van der Waals surface area contributed by atoms with Gasteiger partial charge in [0.25, 0.3) is 0 Å². The van der Waals surface area contributed by atoms with E-state index in [-0.39, 0.29) is 5.92 Å². The predicted molar refractivity (Wildman–Crippen MR) is 76.1 cm³/mol. The number of carboxylic acids is 1. The Morgan fingerprint density at radius 3 is 2.63 bits per heavy atom. The summed E-state index contributed by atoms with van der Waals surface area (Å²) in [5, 5.41) is 11.6. The number of fused-ring (bicyclic) bond motifs is 1. The third-order valence-electron chi connectivity index (χ3n) is 4.23. The highest BCUT2D eigenvalue weighted by Gasteiger charge is 2.29. The van der Waals surface area contributed by atoms with E-state index >= 15 is 0 Å². The molecule has 2 heteroatoms. The topological polar surface area (TPSA) is 37.3 Å². The molecule has 1 aliphatic carbocycles. The van der Waals surface area contributed by atoms with Crippen molar-refractivity contribution in [2.24, 2.45) is 11.8 Å². The molecule has 0 bridgehead atoms. The fourth-order valence-electron chi connectivity index (χ4n) is 3.18. The number of hydrogen-bond donors (Lipinski definition) is 1. The van der Waals surface area contributed by atoms with Crippen LogP contribution in [0.1, 0.15) is 24.8 Å². The van der Waals surface area contributed by atoms with E-state index < -0.39 is 5.97 Å². The lowest BCUT2D eigenvalue weighted by Gasteiger charge is -2.10. The van der Waals surface area contributed by atoms with E-state index in [0.29, 0.717) is 5.92 Å². The standard InChI is InChI=1S/C17H18O2/c18-17(19)16-8-6-13(11-16)9-12-5-7-14-3-1-2-4-15(14)10-12/h1-5,7,10,13,16H,6,8-9,11H2,(H,18,19)/t13-,16+/m0/s1. The Labute approximate surface area is 113 Å². The number of hydrogen-bond acceptors (Lipinski definition) is 1. The molecule has 2 nitrogen and oxygen atoms in total. The lowest BCUT2D eigenvalue weighted by atomic mass is 9.95. The molecule has 0 saturated heterocycles. The minimum atomic E-state index is -0.624. The molecular weight excluding hydrogens is 236 g/mol. The number of aliphatic carboxylic acids is 1. The van der Waals surface area contributed by atoms with Crippen molar-refractivity contribution in [3.63, 3.8) is 0 Å². The van der Waals surface area contributed by atoms with Crippen molar-refractivity contribution < 1.29 is 9.90 Å². The molecule has 3 rings (SSSR count). The summed E-state index contributed by atoms with van der Waals surface area (Å²) in [6.45, 7) is 0. The molecule has 19 heavy (non-hydrogen) atoms. The summed E-state index contributed by atoms with van der Waals surface area (Å²) in [5.74, 6) is -0.214. The fraction of sp³-hybridized carbons (Fsp3) is 0.353. The first kappa shape index (κ1) is 12.2. The second-order valence-electron chi connectivity index (χ2n) is 5.60. The molecule has 0 unspecified atom stereocenters. The van der Waals surface area contributed by atoms with Crippen LogP contribution in [-0.2, 0) is 11.2 Å². The molecule has 2 aromatic rings. The van der Waals surface area contributed by atoms with Crippen molar-refractivity contribution in [3.05, 3.63) is 48.0 Å². The highest BCUT2D eigenvalue weighted by atomic mass is 16.4. The van der Waals surface area contributed by atoms with Crippen LogP contribution in [0.3, 0.4) is 0 Å². The van der Waals surface area contributed by atoms with Gasteiger partial charge in [0.15, 0.2) is 0 Å². The fourth-order valence-corrected chi connectivity index (χ4v) is 3.18. The summed E-state index contributed by atoms with van der Waals surface area (Å²) in [6.07, 6.45) is 3.73. The Morgan fingerprint density at radius 1 is 1.11 bits per heavy atom. The molecule has 2 aromatic carbocycles. The normalized spacial score (nSPS) is 22.7. The quantitative estimate of drug-likeness (QED) is 0.902. The summed E-state index contributed by atoms with van der Waals surface area (Å²) in [7, 11) is 0. The monoisotopic (exact) mass is 254 g/mol. The highest BCUT2D eigenvalue weighted by molar-refractivity contribution is 5.83. The first-order valence-corrected chi connectivity index (χ1v) is 6.93. The van der Waals surface area contributed by atoms with Crippen LogP contribution in [0.15, 0.2) is 42.5 Å². The summed E-state index contributed by atoms with van der Waals surface area (Å²) >= 11 is 0. The van der Waals surface area contributed by atoms with Gasteiger partial charge in [-0.2, -0.15) is 0 Å². The zero-order valence-electron chi connectivity index (χ0n) is 10.9. The van der Waals surface area contributed by atoms with Crippen LogP contribution in [0.5, 0.6) is 0 Å². The molecule has 0 spiro atoms. The Morgan fingerprint density at radius 2 is 1.89 bits per heavy atom. The SMILES string of the molecule is O=C(O)[C@@H]1CC[C@@H](Cc2ccc3ccccc3c2)C1. The third kappa shape index (κ3) is 2.62. The van der Waals surface area contributed by atoms with Crippen molar-refractivity contribution in [1.29, 1.82) is 0 Å². The number of rotatable bonds is 3. The Bertz CT molecular complexity index is 603. The maximum Gasteiger partial charge on any atom is 0.306 e. The van der Waals surface area contributed by atoms with Crippen molar-refractivity contribution in [3.8, 4) is 0 Å². The van der Waals surface area contributed by atoms with Gasteiger partial charge in [0.1, 0.15) is 0 Å². The van der Waals surface area contributed by atoms with Crippen LogP contribution in [0.25, 0.3) is 10.8 Å². The maximum atomic E-state index is 11.0. The number of carboxylic acid groups (broad SMARTS) is 1. The summed E-state index contributed by atoms with van der Waals surface area (Å²) in [5.41, 5.74) is 1.33. The first-order valence-electron chi connectivity index (χ1n) is 6.93. The van der Waals surface area contributed by atoms with Gasteiger partial charge in [-0.05, 0) is 47.9 Å². The Balaban J connectivity index is 1.73. The molecule has 1 aliphatic rings. The lowest BCUT2D eigenvalue weighted by molar-refractivity contribution is -0.141. The predicted octanol–water partition coefficient (Wildman–Crippen LogP) is 3.88. The van der Waals surface area contributed by atoms with Gasteiger partial charge in [0, 0.05) is 0 Å². The second-order valence-corrected chi connectivity index (χ2v) is 5.60. The van der Waals surface area contributed by atoms with E-state index in [1.165, 1.54) is 16.3 Å². The van der Waals surface area contributed by atoms with E-state index in [0.717, 1.165) is 25.7 Å². The van der Waals surface area contributed by atoms with Crippen LogP contribution in [0.2, 0.25) is 0 Å². The van der Waals surface area contributed by atoms with Gasteiger partial charge < -0.3 is 5.11 Å². The summed E-state index contributed by atoms with van der Waals surface area (Å²) in [6, 6.07) is 14.9. The van der Waals surface area contributed by atoms with Gasteiger partial charge >= 0.3 is 5.97 Å². The Kier molecular flexibility index (Phi) is 3.24. The van der Waals surface area contributed by atoms with Crippen molar-refractivity contribution in [2.45, 2.75) is 25.7 Å². The summed E-state index contributed by atoms with van der Waals surface area (Å²) < 4.78 is 0. The molecule has 0 amide bonds. The summed E-state index contributed by atoms with van der Waals surface area (Å²) in [4.78, 5) is 11.0. The average Bonchev–Trinajstić information content (AvgIpc) is 2.87. The third-order valence-corrected chi connectivity index (χ3v) is 4.23. The zero-order valence-corrected chi connectivity index (χ0v) is 10.9. The largest absolute Gasteiger partial charge is 0.481 e. The minimum Gasteiger partial charge on any atom is -0.481 e. The molecule has 1 N–H and O–H groups in total. The van der Waals surface area contributed by atoms with E-state index in [9.17, 15) is 4.79 Å². The molecule has 0 aliphatic heterocycles. The number of carbonyl (C=O) groups is 1. The van der Waals surface area contributed by atoms with Crippen LogP contribution in [0.4, 0.5) is 0 Å². The first-order chi connectivity index (χ1) is 9.22. The van der Waals surface area contributed by atoms with Gasteiger partial charge in [-0.3, -0.25) is 4.79 Å². The molecule has 1 fully saturated rings. The zero-order chi connectivity index (χ0) is 13.2. The molecule has 1 saturated carbocycles. The van der Waals surface area contributed by atoms with Gasteiger partial charge in [-0.1, -0.05) is 42.5 Å².